The summed E-state index contributed by atoms with van der Waals surface area (Å²) in [7, 11) is 5.73. The SMILES string of the molecule is CN=C(NCCCN(C)CCOC)NC1CCN(Cc2ccccc2)CC1. The second-order valence-electron chi connectivity index (χ2n) is 7.33. The molecule has 0 spiro atoms. The molecule has 0 saturated carbocycles. The van der Waals surface area contributed by atoms with Crippen molar-refractivity contribution in [1.29, 1.82) is 0 Å². The molecule has 1 aliphatic heterocycles. The fourth-order valence-corrected chi connectivity index (χ4v) is 3.38. The maximum absolute atomic E-state index is 5.11. The minimum atomic E-state index is 0.507. The van der Waals surface area contributed by atoms with Gasteiger partial charge in [-0.25, -0.2) is 0 Å². The van der Waals surface area contributed by atoms with E-state index in [0.29, 0.717) is 6.04 Å². The zero-order chi connectivity index (χ0) is 19.3. The number of nitrogens with zero attached hydrogens (tertiary/aromatic N) is 3. The molecule has 0 aliphatic carbocycles. The Morgan fingerprint density at radius 3 is 2.63 bits per heavy atom. The van der Waals surface area contributed by atoms with E-state index in [9.17, 15) is 0 Å². The highest BCUT2D eigenvalue weighted by Crippen LogP contribution is 2.13. The topological polar surface area (TPSA) is 52.1 Å². The maximum Gasteiger partial charge on any atom is 0.191 e. The lowest BCUT2D eigenvalue weighted by Crippen LogP contribution is -2.48. The number of hydrogen-bond acceptors (Lipinski definition) is 4. The average Bonchev–Trinajstić information content (AvgIpc) is 2.70. The molecule has 6 nitrogen and oxygen atoms in total. The van der Waals surface area contributed by atoms with Gasteiger partial charge in [0, 0.05) is 52.9 Å². The molecule has 0 unspecified atom stereocenters. The lowest BCUT2D eigenvalue weighted by molar-refractivity contribution is 0.161. The van der Waals surface area contributed by atoms with Gasteiger partial charge in [0.25, 0.3) is 0 Å². The summed E-state index contributed by atoms with van der Waals surface area (Å²) < 4.78 is 5.11. The predicted molar refractivity (Wildman–Crippen MR) is 113 cm³/mol. The molecule has 2 N–H and O–H groups in total. The molecular formula is C21H37N5O. The smallest absolute Gasteiger partial charge is 0.191 e. The Morgan fingerprint density at radius 1 is 1.22 bits per heavy atom. The van der Waals surface area contributed by atoms with E-state index in [-0.39, 0.29) is 0 Å². The molecule has 1 aromatic carbocycles. The van der Waals surface area contributed by atoms with Crippen molar-refractivity contribution in [3.8, 4) is 0 Å². The van der Waals surface area contributed by atoms with Crippen LogP contribution in [0.3, 0.4) is 0 Å². The maximum atomic E-state index is 5.11. The van der Waals surface area contributed by atoms with Crippen molar-refractivity contribution in [1.82, 2.24) is 20.4 Å². The predicted octanol–water partition coefficient (Wildman–Crippen LogP) is 1.78. The van der Waals surface area contributed by atoms with Crippen LogP contribution in [0, 0.1) is 0 Å². The second-order valence-corrected chi connectivity index (χ2v) is 7.33. The Hall–Kier alpha value is -1.63. The molecule has 0 bridgehead atoms. The first kappa shape index (κ1) is 21.7. The molecule has 6 heteroatoms. The van der Waals surface area contributed by atoms with E-state index in [2.05, 4.69) is 62.8 Å². The number of piperidine rings is 1. The highest BCUT2D eigenvalue weighted by molar-refractivity contribution is 5.79. The van der Waals surface area contributed by atoms with Crippen LogP contribution in [0.25, 0.3) is 0 Å². The van der Waals surface area contributed by atoms with Crippen molar-refractivity contribution >= 4 is 5.96 Å². The number of guanidine groups is 1. The molecule has 0 radical (unpaired) electrons. The van der Waals surface area contributed by atoms with Gasteiger partial charge >= 0.3 is 0 Å². The number of ether oxygens (including phenoxy) is 1. The van der Waals surface area contributed by atoms with Crippen LogP contribution in [0.4, 0.5) is 0 Å². The molecule has 0 atom stereocenters. The van der Waals surface area contributed by atoms with Crippen molar-refractivity contribution in [2.24, 2.45) is 4.99 Å². The monoisotopic (exact) mass is 375 g/mol. The quantitative estimate of drug-likeness (QED) is 0.371. The first-order valence-corrected chi connectivity index (χ1v) is 10.1. The van der Waals surface area contributed by atoms with E-state index in [0.717, 1.165) is 71.1 Å². The fourth-order valence-electron chi connectivity index (χ4n) is 3.38. The molecule has 152 valence electrons. The van der Waals surface area contributed by atoms with Crippen molar-refractivity contribution in [3.63, 3.8) is 0 Å². The molecule has 1 heterocycles. The third-order valence-electron chi connectivity index (χ3n) is 5.09. The average molecular weight is 376 g/mol. The summed E-state index contributed by atoms with van der Waals surface area (Å²) in [6.07, 6.45) is 3.41. The summed E-state index contributed by atoms with van der Waals surface area (Å²) in [5, 5.41) is 7.04. The summed E-state index contributed by atoms with van der Waals surface area (Å²) >= 11 is 0. The molecule has 27 heavy (non-hydrogen) atoms. The van der Waals surface area contributed by atoms with E-state index < -0.39 is 0 Å². The first-order chi connectivity index (χ1) is 13.2. The number of nitrogens with one attached hydrogen (secondary N) is 2. The third kappa shape index (κ3) is 8.73. The Balaban J connectivity index is 1.60. The zero-order valence-corrected chi connectivity index (χ0v) is 17.3. The standard InChI is InChI=1S/C21H37N5O/c1-22-21(23-12-7-13-25(2)16-17-27-3)24-20-10-14-26(15-11-20)18-19-8-5-4-6-9-19/h4-6,8-9,20H,7,10-18H2,1-3H3,(H2,22,23,24). The van der Waals surface area contributed by atoms with E-state index in [1.54, 1.807) is 7.11 Å². The van der Waals surface area contributed by atoms with Crippen LogP contribution in [-0.2, 0) is 11.3 Å². The second kappa shape index (κ2) is 12.7. The van der Waals surface area contributed by atoms with Gasteiger partial charge in [0.05, 0.1) is 6.61 Å². The number of likely N-dealkylation sites (N-methyl/N-ethyl adjacent to an activating group) is 1. The minimum Gasteiger partial charge on any atom is -0.383 e. The summed E-state index contributed by atoms with van der Waals surface area (Å²) in [5.74, 6) is 0.927. The number of methoxy groups -OCH3 is 1. The largest absolute Gasteiger partial charge is 0.383 e. The molecule has 1 fully saturated rings. The molecule has 1 aliphatic rings. The Morgan fingerprint density at radius 2 is 1.96 bits per heavy atom. The van der Waals surface area contributed by atoms with E-state index in [1.807, 2.05) is 7.05 Å². The van der Waals surface area contributed by atoms with Gasteiger partial charge in [-0.3, -0.25) is 9.89 Å². The lowest BCUT2D eigenvalue weighted by atomic mass is 10.0. The summed E-state index contributed by atoms with van der Waals surface area (Å²) in [6.45, 7) is 7.08. The van der Waals surface area contributed by atoms with E-state index in [1.165, 1.54) is 5.56 Å². The van der Waals surface area contributed by atoms with E-state index >= 15 is 0 Å². The molecule has 1 aromatic rings. The highest BCUT2D eigenvalue weighted by atomic mass is 16.5. The molecular weight excluding hydrogens is 338 g/mol. The van der Waals surface area contributed by atoms with Crippen LogP contribution in [0.1, 0.15) is 24.8 Å². The third-order valence-corrected chi connectivity index (χ3v) is 5.09. The van der Waals surface area contributed by atoms with Crippen LogP contribution >= 0.6 is 0 Å². The summed E-state index contributed by atoms with van der Waals surface area (Å²) in [5.41, 5.74) is 1.40. The number of aliphatic imine (C=N–C) groups is 1. The van der Waals surface area contributed by atoms with Crippen LogP contribution in [0.5, 0.6) is 0 Å². The number of rotatable bonds is 10. The van der Waals surface area contributed by atoms with Gasteiger partial charge < -0.3 is 20.3 Å². The number of benzene rings is 1. The zero-order valence-electron chi connectivity index (χ0n) is 17.3. The van der Waals surface area contributed by atoms with Crippen molar-refractivity contribution in [2.45, 2.75) is 31.8 Å². The van der Waals surface area contributed by atoms with Gasteiger partial charge in [0.15, 0.2) is 5.96 Å². The summed E-state index contributed by atoms with van der Waals surface area (Å²) in [4.78, 5) is 9.22. The van der Waals surface area contributed by atoms with Gasteiger partial charge in [-0.2, -0.15) is 0 Å². The van der Waals surface area contributed by atoms with Gasteiger partial charge in [-0.15, -0.1) is 0 Å². The fraction of sp³-hybridized carbons (Fsp3) is 0.667. The Bertz CT molecular complexity index is 529. The summed E-state index contributed by atoms with van der Waals surface area (Å²) in [6, 6.07) is 11.2. The van der Waals surface area contributed by atoms with Crippen molar-refractivity contribution < 1.29 is 4.74 Å². The minimum absolute atomic E-state index is 0.507. The molecule has 0 aromatic heterocycles. The molecule has 1 saturated heterocycles. The van der Waals surface area contributed by atoms with Crippen LogP contribution in [0.15, 0.2) is 35.3 Å². The van der Waals surface area contributed by atoms with E-state index in [4.69, 9.17) is 4.74 Å². The molecule has 2 rings (SSSR count). The van der Waals surface area contributed by atoms with Gasteiger partial charge in [0.1, 0.15) is 0 Å². The highest BCUT2D eigenvalue weighted by Gasteiger charge is 2.19. The van der Waals surface area contributed by atoms with Gasteiger partial charge in [-0.05, 0) is 38.4 Å². The van der Waals surface area contributed by atoms with Gasteiger partial charge in [-0.1, -0.05) is 30.3 Å². The van der Waals surface area contributed by atoms with Crippen LogP contribution < -0.4 is 10.6 Å². The first-order valence-electron chi connectivity index (χ1n) is 10.1. The number of hydrogen-bond donors (Lipinski definition) is 2. The normalized spacial score (nSPS) is 16.7. The van der Waals surface area contributed by atoms with Crippen molar-refractivity contribution in [3.05, 3.63) is 35.9 Å². The Labute approximate surface area is 165 Å². The van der Waals surface area contributed by atoms with Gasteiger partial charge in [0.2, 0.25) is 0 Å². The van der Waals surface area contributed by atoms with Crippen LogP contribution in [-0.4, -0.2) is 82.3 Å². The molecule has 0 amide bonds. The number of likely N-dealkylation sites (tertiary alicyclic amines) is 1. The van der Waals surface area contributed by atoms with Crippen LogP contribution in [0.2, 0.25) is 0 Å². The lowest BCUT2D eigenvalue weighted by Gasteiger charge is -2.33. The van der Waals surface area contributed by atoms with Crippen molar-refractivity contribution in [2.75, 3.05) is 60.5 Å². The Kier molecular flexibility index (Phi) is 10.2.